The lowest BCUT2D eigenvalue weighted by molar-refractivity contribution is 0.0999. The summed E-state index contributed by atoms with van der Waals surface area (Å²) in [5, 5.41) is 7.18. The Hall–Kier alpha value is -0.120. The zero-order valence-electron chi connectivity index (χ0n) is 12.7. The molecule has 0 radical (unpaired) electrons. The Morgan fingerprint density at radius 1 is 1.22 bits per heavy atom. The molecule has 2 aliphatic rings. The standard InChI is InChI=1S/C15H31N3/c1-13(2)15(5-6-15)12-17-11-14(3,4)18-9-7-16-8-10-18/h13,16-17H,5-12H2,1-4H3. The van der Waals surface area contributed by atoms with Gasteiger partial charge in [0.15, 0.2) is 0 Å². The Morgan fingerprint density at radius 3 is 2.33 bits per heavy atom. The molecule has 0 spiro atoms. The zero-order chi connectivity index (χ0) is 13.2. The third-order valence-electron chi connectivity index (χ3n) is 5.12. The third-order valence-corrected chi connectivity index (χ3v) is 5.12. The number of hydrogen-bond donors (Lipinski definition) is 2. The van der Waals surface area contributed by atoms with E-state index in [0.29, 0.717) is 5.41 Å². The first-order valence-corrected chi connectivity index (χ1v) is 7.63. The summed E-state index contributed by atoms with van der Waals surface area (Å²) in [4.78, 5) is 2.62. The smallest absolute Gasteiger partial charge is 0.0278 e. The van der Waals surface area contributed by atoms with Gasteiger partial charge in [-0.3, -0.25) is 4.90 Å². The highest BCUT2D eigenvalue weighted by Gasteiger charge is 2.45. The van der Waals surface area contributed by atoms with Crippen LogP contribution in [0.1, 0.15) is 40.5 Å². The molecular weight excluding hydrogens is 222 g/mol. The van der Waals surface area contributed by atoms with Crippen LogP contribution in [0.2, 0.25) is 0 Å². The second-order valence-corrected chi connectivity index (χ2v) is 7.17. The van der Waals surface area contributed by atoms with Gasteiger partial charge in [0.1, 0.15) is 0 Å². The fourth-order valence-electron chi connectivity index (χ4n) is 3.12. The summed E-state index contributed by atoms with van der Waals surface area (Å²) in [7, 11) is 0. The zero-order valence-corrected chi connectivity index (χ0v) is 12.7. The van der Waals surface area contributed by atoms with Crippen LogP contribution in [0.25, 0.3) is 0 Å². The summed E-state index contributed by atoms with van der Waals surface area (Å²) >= 11 is 0. The van der Waals surface area contributed by atoms with Crippen molar-refractivity contribution in [3.05, 3.63) is 0 Å². The Labute approximate surface area is 113 Å². The predicted octanol–water partition coefficient (Wildman–Crippen LogP) is 1.70. The molecule has 0 atom stereocenters. The molecule has 18 heavy (non-hydrogen) atoms. The van der Waals surface area contributed by atoms with Crippen LogP contribution in [0, 0.1) is 11.3 Å². The number of rotatable bonds is 6. The summed E-state index contributed by atoms with van der Waals surface area (Å²) < 4.78 is 0. The molecule has 2 fully saturated rings. The van der Waals surface area contributed by atoms with Crippen LogP contribution < -0.4 is 10.6 Å². The van der Waals surface area contributed by atoms with Gasteiger partial charge in [-0.2, -0.15) is 0 Å². The number of piperazine rings is 1. The van der Waals surface area contributed by atoms with Gasteiger partial charge in [0, 0.05) is 44.8 Å². The van der Waals surface area contributed by atoms with Gasteiger partial charge in [0.05, 0.1) is 0 Å². The first-order chi connectivity index (χ1) is 8.46. The lowest BCUT2D eigenvalue weighted by atomic mass is 9.92. The van der Waals surface area contributed by atoms with Crippen molar-refractivity contribution in [3.63, 3.8) is 0 Å². The van der Waals surface area contributed by atoms with E-state index in [1.54, 1.807) is 0 Å². The number of nitrogens with zero attached hydrogens (tertiary/aromatic N) is 1. The van der Waals surface area contributed by atoms with Crippen LogP contribution >= 0.6 is 0 Å². The molecule has 1 heterocycles. The topological polar surface area (TPSA) is 27.3 Å². The van der Waals surface area contributed by atoms with Crippen LogP contribution in [0.4, 0.5) is 0 Å². The van der Waals surface area contributed by atoms with Crippen molar-refractivity contribution >= 4 is 0 Å². The van der Waals surface area contributed by atoms with Gasteiger partial charge in [-0.1, -0.05) is 13.8 Å². The molecule has 0 aromatic rings. The molecule has 2 rings (SSSR count). The highest BCUT2D eigenvalue weighted by Crippen LogP contribution is 2.51. The SMILES string of the molecule is CC(C)C1(CNCC(C)(C)N2CCNCC2)CC1. The number of nitrogens with one attached hydrogen (secondary N) is 2. The second-order valence-electron chi connectivity index (χ2n) is 7.17. The van der Waals surface area contributed by atoms with Crippen molar-refractivity contribution in [1.82, 2.24) is 15.5 Å². The van der Waals surface area contributed by atoms with Crippen LogP contribution in [0.15, 0.2) is 0 Å². The maximum atomic E-state index is 3.74. The maximum Gasteiger partial charge on any atom is 0.0278 e. The van der Waals surface area contributed by atoms with Gasteiger partial charge in [0.2, 0.25) is 0 Å². The van der Waals surface area contributed by atoms with Gasteiger partial charge in [0.25, 0.3) is 0 Å². The van der Waals surface area contributed by atoms with Gasteiger partial charge < -0.3 is 10.6 Å². The first kappa shape index (κ1) is 14.3. The van der Waals surface area contributed by atoms with E-state index >= 15 is 0 Å². The average molecular weight is 253 g/mol. The van der Waals surface area contributed by atoms with Crippen molar-refractivity contribution in [3.8, 4) is 0 Å². The van der Waals surface area contributed by atoms with Crippen LogP contribution in [-0.2, 0) is 0 Å². The Balaban J connectivity index is 1.74. The Kier molecular flexibility index (Phi) is 4.35. The predicted molar refractivity (Wildman–Crippen MR) is 77.9 cm³/mol. The molecule has 1 aliphatic carbocycles. The molecule has 3 heteroatoms. The van der Waals surface area contributed by atoms with Crippen molar-refractivity contribution in [1.29, 1.82) is 0 Å². The van der Waals surface area contributed by atoms with Gasteiger partial charge in [-0.05, 0) is 38.0 Å². The Bertz CT molecular complexity index is 263. The average Bonchev–Trinajstić information content (AvgIpc) is 3.11. The van der Waals surface area contributed by atoms with E-state index in [1.165, 1.54) is 32.5 Å². The molecule has 0 aromatic carbocycles. The van der Waals surface area contributed by atoms with E-state index in [2.05, 4.69) is 43.2 Å². The summed E-state index contributed by atoms with van der Waals surface area (Å²) in [5.74, 6) is 0.826. The molecule has 0 amide bonds. The van der Waals surface area contributed by atoms with Crippen LogP contribution in [0.5, 0.6) is 0 Å². The Morgan fingerprint density at radius 2 is 1.83 bits per heavy atom. The van der Waals surface area contributed by atoms with Gasteiger partial charge in [-0.25, -0.2) is 0 Å². The molecule has 106 valence electrons. The van der Waals surface area contributed by atoms with Crippen molar-refractivity contribution < 1.29 is 0 Å². The van der Waals surface area contributed by atoms with E-state index < -0.39 is 0 Å². The van der Waals surface area contributed by atoms with Crippen LogP contribution in [0.3, 0.4) is 0 Å². The fourth-order valence-corrected chi connectivity index (χ4v) is 3.12. The largest absolute Gasteiger partial charge is 0.314 e. The monoisotopic (exact) mass is 253 g/mol. The molecule has 2 N–H and O–H groups in total. The quantitative estimate of drug-likeness (QED) is 0.754. The molecule has 0 bridgehead atoms. The van der Waals surface area contributed by atoms with Gasteiger partial charge >= 0.3 is 0 Å². The minimum absolute atomic E-state index is 0.287. The first-order valence-electron chi connectivity index (χ1n) is 7.63. The molecule has 1 saturated carbocycles. The lowest BCUT2D eigenvalue weighted by Gasteiger charge is -2.41. The minimum Gasteiger partial charge on any atom is -0.314 e. The summed E-state index contributed by atoms with van der Waals surface area (Å²) in [6.45, 7) is 16.5. The molecule has 1 aliphatic heterocycles. The summed E-state index contributed by atoms with van der Waals surface area (Å²) in [6.07, 6.45) is 2.84. The van der Waals surface area contributed by atoms with Crippen LogP contribution in [-0.4, -0.2) is 49.7 Å². The van der Waals surface area contributed by atoms with Crippen molar-refractivity contribution in [2.24, 2.45) is 11.3 Å². The summed E-state index contributed by atoms with van der Waals surface area (Å²) in [6, 6.07) is 0. The summed E-state index contributed by atoms with van der Waals surface area (Å²) in [5.41, 5.74) is 0.911. The lowest BCUT2D eigenvalue weighted by Crippen LogP contribution is -2.57. The number of hydrogen-bond acceptors (Lipinski definition) is 3. The fraction of sp³-hybridized carbons (Fsp3) is 1.00. The molecule has 0 aromatic heterocycles. The molecular formula is C15H31N3. The highest BCUT2D eigenvalue weighted by atomic mass is 15.2. The highest BCUT2D eigenvalue weighted by molar-refractivity contribution is 4.98. The second kappa shape index (κ2) is 5.48. The van der Waals surface area contributed by atoms with E-state index in [1.807, 2.05) is 0 Å². The van der Waals surface area contributed by atoms with Crippen molar-refractivity contribution in [2.45, 2.75) is 46.1 Å². The van der Waals surface area contributed by atoms with E-state index in [-0.39, 0.29) is 5.54 Å². The van der Waals surface area contributed by atoms with E-state index in [0.717, 1.165) is 25.6 Å². The molecule has 3 nitrogen and oxygen atoms in total. The normalized spacial score (nSPS) is 24.5. The van der Waals surface area contributed by atoms with E-state index in [4.69, 9.17) is 0 Å². The van der Waals surface area contributed by atoms with E-state index in [9.17, 15) is 0 Å². The van der Waals surface area contributed by atoms with Gasteiger partial charge in [-0.15, -0.1) is 0 Å². The maximum absolute atomic E-state index is 3.74. The molecule has 1 saturated heterocycles. The molecule has 0 unspecified atom stereocenters. The third kappa shape index (κ3) is 3.25. The minimum atomic E-state index is 0.287. The van der Waals surface area contributed by atoms with Crippen molar-refractivity contribution in [2.75, 3.05) is 39.3 Å².